The van der Waals surface area contributed by atoms with Crippen molar-refractivity contribution in [2.75, 3.05) is 10.2 Å². The molecule has 53 heavy (non-hydrogen) atoms. The van der Waals surface area contributed by atoms with Crippen LogP contribution in [0.25, 0.3) is 22.5 Å². The number of rotatable bonds is 7. The highest BCUT2D eigenvalue weighted by Gasteiger charge is 2.15. The van der Waals surface area contributed by atoms with E-state index in [9.17, 15) is 0 Å². The van der Waals surface area contributed by atoms with E-state index >= 15 is 0 Å². The molecule has 0 aliphatic heterocycles. The highest BCUT2D eigenvalue weighted by atomic mass is 79.9. The Bertz CT molecular complexity index is 2190. The van der Waals surface area contributed by atoms with Crippen LogP contribution in [0, 0.1) is 13.8 Å². The number of hydrogen-bond donors (Lipinski definition) is 1. The summed E-state index contributed by atoms with van der Waals surface area (Å²) in [6.07, 6.45) is 3.81. The number of aryl methyl sites for hydroxylation is 2. The van der Waals surface area contributed by atoms with Gasteiger partial charge in [0.15, 0.2) is 0 Å². The number of halogens is 1. The summed E-state index contributed by atoms with van der Waals surface area (Å²) in [5.41, 5.74) is 12.3. The van der Waals surface area contributed by atoms with Gasteiger partial charge >= 0.3 is 0 Å². The summed E-state index contributed by atoms with van der Waals surface area (Å²) >= 11 is 3.44. The second kappa shape index (κ2) is 18.8. The zero-order chi connectivity index (χ0) is 36.7. The average molecular weight is 754 g/mol. The van der Waals surface area contributed by atoms with Gasteiger partial charge in [0.1, 0.15) is 0 Å². The zero-order valence-corrected chi connectivity index (χ0v) is 31.4. The maximum absolute atomic E-state index is 4.74. The maximum atomic E-state index is 4.74. The third-order valence-electron chi connectivity index (χ3n) is 8.38. The van der Waals surface area contributed by atoms with Gasteiger partial charge in [0, 0.05) is 44.5 Å². The Kier molecular flexibility index (Phi) is 12.9. The fourth-order valence-corrected chi connectivity index (χ4v) is 5.86. The van der Waals surface area contributed by atoms with Crippen molar-refractivity contribution in [3.8, 4) is 22.5 Å². The molecule has 0 bridgehead atoms. The van der Waals surface area contributed by atoms with E-state index in [2.05, 4.69) is 130 Å². The normalized spacial score (nSPS) is 10.2. The molecule has 5 heteroatoms. The van der Waals surface area contributed by atoms with Crippen LogP contribution in [0.1, 0.15) is 11.1 Å². The molecule has 0 saturated carbocycles. The summed E-state index contributed by atoms with van der Waals surface area (Å²) in [5.74, 6) is 0. The molecule has 1 N–H and O–H groups in total. The van der Waals surface area contributed by atoms with Crippen molar-refractivity contribution in [3.63, 3.8) is 0 Å². The Balaban J connectivity index is 0.000000150. The first-order chi connectivity index (χ1) is 26.0. The molecule has 6 aromatic carbocycles. The van der Waals surface area contributed by atoms with Crippen LogP contribution in [0.15, 0.2) is 211 Å². The molecule has 0 aliphatic rings. The third-order valence-corrected chi connectivity index (χ3v) is 9.21. The largest absolute Gasteiger partial charge is 0.356 e. The minimum absolute atomic E-state index is 0.993. The molecule has 8 rings (SSSR count). The molecule has 8 aromatic rings. The fraction of sp³-hybridized carbons (Fsp3) is 0.0417. The predicted octanol–water partition coefficient (Wildman–Crippen LogP) is 13.8. The number of pyridine rings is 2. The Morgan fingerprint density at radius 3 is 1.19 bits per heavy atom. The minimum Gasteiger partial charge on any atom is -0.356 e. The van der Waals surface area contributed by atoms with Crippen LogP contribution in [0.2, 0.25) is 0 Å². The van der Waals surface area contributed by atoms with Gasteiger partial charge in [-0.3, -0.25) is 9.97 Å². The molecular formula is C48H41BrN4. The first-order valence-electron chi connectivity index (χ1n) is 17.5. The second-order valence-electron chi connectivity index (χ2n) is 12.3. The zero-order valence-electron chi connectivity index (χ0n) is 29.8. The van der Waals surface area contributed by atoms with Gasteiger partial charge in [0.25, 0.3) is 0 Å². The monoisotopic (exact) mass is 752 g/mol. The van der Waals surface area contributed by atoms with Gasteiger partial charge in [0.2, 0.25) is 0 Å². The number of nitrogens with one attached hydrogen (secondary N) is 1. The van der Waals surface area contributed by atoms with Gasteiger partial charge in [-0.2, -0.15) is 0 Å². The van der Waals surface area contributed by atoms with Crippen molar-refractivity contribution >= 4 is 44.4 Å². The fourth-order valence-electron chi connectivity index (χ4n) is 5.65. The van der Waals surface area contributed by atoms with Crippen molar-refractivity contribution in [1.29, 1.82) is 0 Å². The summed E-state index contributed by atoms with van der Waals surface area (Å²) in [6, 6.07) is 65.8. The summed E-state index contributed by atoms with van der Waals surface area (Å²) in [5, 5.41) is 3.30. The number of nitrogens with zero attached hydrogens (tertiary/aromatic N) is 3. The molecule has 0 aliphatic carbocycles. The standard InChI is InChI=1S/C24H20N2.C12H10BrN.C12H11N/c1-19-17-23(20-11-5-2-6-12-20)25-18-24(19)26(21-13-7-3-8-14-21)22-15-9-4-10-16-22;1-9-7-12(14-8-11(9)13)10-5-3-2-4-6-10;1-3-7-11(8-4-1)13-12-9-5-2-6-10-12/h2-18H,1H3;2-8H,1H3;1-10,13H. The predicted molar refractivity (Wildman–Crippen MR) is 227 cm³/mol. The summed E-state index contributed by atoms with van der Waals surface area (Å²) in [6.45, 7) is 4.21. The van der Waals surface area contributed by atoms with E-state index in [4.69, 9.17) is 4.98 Å². The minimum atomic E-state index is 0.993. The lowest BCUT2D eigenvalue weighted by Crippen LogP contribution is -2.11. The van der Waals surface area contributed by atoms with Crippen LogP contribution in [-0.2, 0) is 0 Å². The lowest BCUT2D eigenvalue weighted by Gasteiger charge is -2.26. The van der Waals surface area contributed by atoms with Crippen LogP contribution in [0.5, 0.6) is 0 Å². The summed E-state index contributed by atoms with van der Waals surface area (Å²) in [7, 11) is 0. The first-order valence-corrected chi connectivity index (χ1v) is 18.3. The molecule has 0 amide bonds. The van der Waals surface area contributed by atoms with E-state index in [1.807, 2.05) is 122 Å². The Morgan fingerprint density at radius 1 is 0.434 bits per heavy atom. The molecule has 0 unspecified atom stereocenters. The summed E-state index contributed by atoms with van der Waals surface area (Å²) in [4.78, 5) is 11.3. The Hall–Kier alpha value is -6.30. The number of benzene rings is 6. The average Bonchev–Trinajstić information content (AvgIpc) is 3.22. The molecule has 0 spiro atoms. The number of hydrogen-bond acceptors (Lipinski definition) is 4. The molecule has 0 radical (unpaired) electrons. The first kappa shape index (κ1) is 36.5. The smallest absolute Gasteiger partial charge is 0.0706 e. The lowest BCUT2D eigenvalue weighted by atomic mass is 10.1. The lowest BCUT2D eigenvalue weighted by molar-refractivity contribution is 1.20. The summed E-state index contributed by atoms with van der Waals surface area (Å²) < 4.78 is 1.05. The van der Waals surface area contributed by atoms with Crippen molar-refractivity contribution in [2.45, 2.75) is 13.8 Å². The van der Waals surface area contributed by atoms with Crippen LogP contribution in [0.4, 0.5) is 28.4 Å². The van der Waals surface area contributed by atoms with E-state index < -0.39 is 0 Å². The van der Waals surface area contributed by atoms with Gasteiger partial charge in [-0.25, -0.2) is 0 Å². The van der Waals surface area contributed by atoms with Gasteiger partial charge in [-0.15, -0.1) is 0 Å². The maximum Gasteiger partial charge on any atom is 0.0706 e. The SMILES string of the molecule is Cc1cc(-c2ccccc2)ncc1Br.Cc1cc(-c2ccccc2)ncc1N(c1ccccc1)c1ccccc1.c1ccc(Nc2ccccc2)cc1. The van der Waals surface area contributed by atoms with Crippen molar-refractivity contribution < 1.29 is 0 Å². The quantitative estimate of drug-likeness (QED) is 0.176. The molecule has 2 aromatic heterocycles. The molecule has 0 atom stereocenters. The highest BCUT2D eigenvalue weighted by Crippen LogP contribution is 2.36. The van der Waals surface area contributed by atoms with Crippen LogP contribution in [0.3, 0.4) is 0 Å². The van der Waals surface area contributed by atoms with E-state index in [0.29, 0.717) is 0 Å². The molecule has 2 heterocycles. The molecular weight excluding hydrogens is 712 g/mol. The molecule has 4 nitrogen and oxygen atoms in total. The second-order valence-corrected chi connectivity index (χ2v) is 13.1. The van der Waals surface area contributed by atoms with Crippen LogP contribution < -0.4 is 10.2 Å². The number of anilines is 5. The molecule has 0 fully saturated rings. The highest BCUT2D eigenvalue weighted by molar-refractivity contribution is 9.10. The Labute approximate surface area is 321 Å². The van der Waals surface area contributed by atoms with Crippen LogP contribution in [-0.4, -0.2) is 9.97 Å². The van der Waals surface area contributed by atoms with Crippen LogP contribution >= 0.6 is 15.9 Å². The van der Waals surface area contributed by atoms with Gasteiger partial charge in [-0.05, 0) is 102 Å². The number of para-hydroxylation sites is 4. The van der Waals surface area contributed by atoms with E-state index in [1.54, 1.807) is 0 Å². The van der Waals surface area contributed by atoms with Gasteiger partial charge < -0.3 is 10.2 Å². The molecule has 0 saturated heterocycles. The van der Waals surface area contributed by atoms with Crippen molar-refractivity contribution in [2.24, 2.45) is 0 Å². The van der Waals surface area contributed by atoms with Crippen molar-refractivity contribution in [1.82, 2.24) is 9.97 Å². The number of aromatic nitrogens is 2. The molecule has 260 valence electrons. The van der Waals surface area contributed by atoms with E-state index in [0.717, 1.165) is 55.4 Å². The third kappa shape index (κ3) is 10.4. The topological polar surface area (TPSA) is 41.1 Å². The van der Waals surface area contributed by atoms with E-state index in [-0.39, 0.29) is 0 Å². The van der Waals surface area contributed by atoms with Gasteiger partial charge in [-0.1, -0.05) is 133 Å². The van der Waals surface area contributed by atoms with Crippen molar-refractivity contribution in [3.05, 3.63) is 222 Å². The Morgan fingerprint density at radius 2 is 0.792 bits per heavy atom. The van der Waals surface area contributed by atoms with Gasteiger partial charge in [0.05, 0.1) is 23.3 Å². The van der Waals surface area contributed by atoms with E-state index in [1.165, 1.54) is 11.1 Å².